The molecule has 2 atom stereocenters. The van der Waals surface area contributed by atoms with Crippen molar-refractivity contribution in [2.75, 3.05) is 23.7 Å². The van der Waals surface area contributed by atoms with Crippen molar-refractivity contribution in [1.82, 2.24) is 0 Å². The van der Waals surface area contributed by atoms with Gasteiger partial charge < -0.3 is 15.4 Å². The molecule has 0 amide bonds. The molecule has 86 valence electrons. The van der Waals surface area contributed by atoms with Crippen LogP contribution in [-0.4, -0.2) is 25.3 Å². The Kier molecular flexibility index (Phi) is 2.56. The molecule has 2 bridgehead atoms. The number of ether oxygens (including phenoxy) is 1. The Morgan fingerprint density at radius 3 is 2.62 bits per heavy atom. The summed E-state index contributed by atoms with van der Waals surface area (Å²) in [6, 6.07) is 6.03. The second-order valence-electron chi connectivity index (χ2n) is 4.57. The van der Waals surface area contributed by atoms with E-state index in [9.17, 15) is 0 Å². The largest absolute Gasteiger partial charge is 0.397 e. The van der Waals surface area contributed by atoms with Crippen molar-refractivity contribution in [2.45, 2.75) is 25.0 Å². The van der Waals surface area contributed by atoms with Gasteiger partial charge in [0, 0.05) is 17.6 Å². The molecule has 0 aromatic heterocycles. The molecule has 2 heterocycles. The molecule has 2 aliphatic heterocycles. The second kappa shape index (κ2) is 3.93. The van der Waals surface area contributed by atoms with Gasteiger partial charge in [0.15, 0.2) is 0 Å². The van der Waals surface area contributed by atoms with Gasteiger partial charge in [0.05, 0.1) is 23.6 Å². The first-order valence-electron chi connectivity index (χ1n) is 5.68. The summed E-state index contributed by atoms with van der Waals surface area (Å²) in [5.74, 6) is 0. The summed E-state index contributed by atoms with van der Waals surface area (Å²) >= 11 is 3.50. The van der Waals surface area contributed by atoms with E-state index < -0.39 is 0 Å². The van der Waals surface area contributed by atoms with Crippen molar-refractivity contribution in [3.63, 3.8) is 0 Å². The minimum Gasteiger partial charge on any atom is -0.397 e. The number of halogens is 1. The van der Waals surface area contributed by atoms with Gasteiger partial charge in [0.1, 0.15) is 0 Å². The van der Waals surface area contributed by atoms with Gasteiger partial charge in [0.25, 0.3) is 0 Å². The second-order valence-corrected chi connectivity index (χ2v) is 5.48. The van der Waals surface area contributed by atoms with E-state index in [0.717, 1.165) is 28.9 Å². The summed E-state index contributed by atoms with van der Waals surface area (Å²) in [5.41, 5.74) is 8.01. The van der Waals surface area contributed by atoms with E-state index in [1.165, 1.54) is 12.8 Å². The van der Waals surface area contributed by atoms with Crippen LogP contribution < -0.4 is 10.6 Å². The smallest absolute Gasteiger partial charge is 0.0755 e. The fraction of sp³-hybridized carbons (Fsp3) is 0.500. The molecule has 1 aromatic carbocycles. The highest BCUT2D eigenvalue weighted by molar-refractivity contribution is 9.10. The van der Waals surface area contributed by atoms with Crippen LogP contribution in [0.5, 0.6) is 0 Å². The van der Waals surface area contributed by atoms with Crippen LogP contribution in [0.2, 0.25) is 0 Å². The third kappa shape index (κ3) is 1.80. The summed E-state index contributed by atoms with van der Waals surface area (Å²) in [4.78, 5) is 2.35. The predicted octanol–water partition coefficient (Wildman–Crippen LogP) is 2.40. The number of hydrogen-bond acceptors (Lipinski definition) is 3. The lowest BCUT2D eigenvalue weighted by Gasteiger charge is -2.34. The fourth-order valence-corrected chi connectivity index (χ4v) is 2.95. The number of nitrogens with zero attached hydrogens (tertiary/aromatic N) is 1. The number of anilines is 2. The molecule has 1 aromatic rings. The number of nitrogen functional groups attached to an aromatic ring is 1. The van der Waals surface area contributed by atoms with Crippen molar-refractivity contribution in [2.24, 2.45) is 0 Å². The zero-order valence-electron chi connectivity index (χ0n) is 9.03. The number of hydrogen-bond donors (Lipinski definition) is 1. The first-order valence-corrected chi connectivity index (χ1v) is 6.47. The van der Waals surface area contributed by atoms with E-state index in [2.05, 4.69) is 26.9 Å². The fourth-order valence-electron chi connectivity index (χ4n) is 2.60. The average molecular weight is 283 g/mol. The van der Waals surface area contributed by atoms with Crippen LogP contribution in [0.4, 0.5) is 11.4 Å². The van der Waals surface area contributed by atoms with Crippen LogP contribution in [0.3, 0.4) is 0 Å². The van der Waals surface area contributed by atoms with Gasteiger partial charge in [-0.3, -0.25) is 0 Å². The maximum Gasteiger partial charge on any atom is 0.0755 e. The van der Waals surface area contributed by atoms with Crippen molar-refractivity contribution in [3.8, 4) is 0 Å². The van der Waals surface area contributed by atoms with Crippen LogP contribution in [0, 0.1) is 0 Å². The Balaban J connectivity index is 1.89. The van der Waals surface area contributed by atoms with E-state index in [1.54, 1.807) is 0 Å². The summed E-state index contributed by atoms with van der Waals surface area (Å²) in [5, 5.41) is 0. The number of morpholine rings is 1. The van der Waals surface area contributed by atoms with Gasteiger partial charge in [-0.1, -0.05) is 15.9 Å². The zero-order chi connectivity index (χ0) is 11.1. The zero-order valence-corrected chi connectivity index (χ0v) is 10.6. The van der Waals surface area contributed by atoms with Crippen LogP contribution in [0.1, 0.15) is 12.8 Å². The maximum atomic E-state index is 6.03. The highest BCUT2D eigenvalue weighted by Gasteiger charge is 2.34. The molecule has 3 rings (SSSR count). The highest BCUT2D eigenvalue weighted by Crippen LogP contribution is 2.33. The van der Waals surface area contributed by atoms with E-state index in [-0.39, 0.29) is 0 Å². The lowest BCUT2D eigenvalue weighted by Crippen LogP contribution is -2.42. The predicted molar refractivity (Wildman–Crippen MR) is 68.7 cm³/mol. The molecular weight excluding hydrogens is 268 g/mol. The molecule has 0 radical (unpaired) electrons. The van der Waals surface area contributed by atoms with E-state index in [1.807, 2.05) is 12.1 Å². The molecule has 0 saturated carbocycles. The monoisotopic (exact) mass is 282 g/mol. The van der Waals surface area contributed by atoms with Gasteiger partial charge in [-0.05, 0) is 31.0 Å². The molecule has 3 nitrogen and oxygen atoms in total. The quantitative estimate of drug-likeness (QED) is 0.804. The molecule has 16 heavy (non-hydrogen) atoms. The summed E-state index contributed by atoms with van der Waals surface area (Å²) in [6.07, 6.45) is 3.18. The number of nitrogens with two attached hydrogens (primary N) is 1. The Bertz CT molecular complexity index is 398. The Hall–Kier alpha value is -0.740. The van der Waals surface area contributed by atoms with Crippen LogP contribution in [-0.2, 0) is 4.74 Å². The van der Waals surface area contributed by atoms with Crippen molar-refractivity contribution in [3.05, 3.63) is 22.7 Å². The van der Waals surface area contributed by atoms with E-state index in [4.69, 9.17) is 10.5 Å². The van der Waals surface area contributed by atoms with Gasteiger partial charge in [-0.15, -0.1) is 0 Å². The number of benzene rings is 1. The third-order valence-corrected chi connectivity index (χ3v) is 3.87. The lowest BCUT2D eigenvalue weighted by atomic mass is 10.2. The molecule has 2 N–H and O–H groups in total. The minimum absolute atomic E-state index is 0.400. The topological polar surface area (TPSA) is 38.5 Å². The molecule has 2 fully saturated rings. The van der Waals surface area contributed by atoms with Crippen LogP contribution in [0.15, 0.2) is 22.7 Å². The van der Waals surface area contributed by atoms with Gasteiger partial charge >= 0.3 is 0 Å². The molecule has 4 heteroatoms. The Labute approximate surface area is 104 Å². The standard InChI is InChI=1S/C12H15BrN2O/c13-8-1-4-11(14)12(5-8)15-6-9-2-3-10(7-15)16-9/h1,4-5,9-10H,2-3,6-7,14H2. The number of rotatable bonds is 1. The van der Waals surface area contributed by atoms with Crippen molar-refractivity contribution in [1.29, 1.82) is 0 Å². The molecular formula is C12H15BrN2O. The third-order valence-electron chi connectivity index (χ3n) is 3.38. The summed E-state index contributed by atoms with van der Waals surface area (Å²) in [7, 11) is 0. The van der Waals surface area contributed by atoms with Crippen molar-refractivity contribution < 1.29 is 4.74 Å². The van der Waals surface area contributed by atoms with Crippen LogP contribution >= 0.6 is 15.9 Å². The van der Waals surface area contributed by atoms with Gasteiger partial charge in [-0.25, -0.2) is 0 Å². The lowest BCUT2D eigenvalue weighted by molar-refractivity contribution is 0.0305. The first kappa shape index (κ1) is 10.4. The number of fused-ring (bicyclic) bond motifs is 2. The average Bonchev–Trinajstić information content (AvgIpc) is 2.61. The highest BCUT2D eigenvalue weighted by atomic mass is 79.9. The van der Waals surface area contributed by atoms with E-state index in [0.29, 0.717) is 12.2 Å². The molecule has 2 unspecified atom stereocenters. The van der Waals surface area contributed by atoms with Gasteiger partial charge in [-0.2, -0.15) is 0 Å². The van der Waals surface area contributed by atoms with Gasteiger partial charge in [0.2, 0.25) is 0 Å². The normalized spacial score (nSPS) is 28.4. The maximum absolute atomic E-state index is 6.03. The summed E-state index contributed by atoms with van der Waals surface area (Å²) < 4.78 is 6.90. The first-order chi connectivity index (χ1) is 7.72. The SMILES string of the molecule is Nc1ccc(Br)cc1N1CC2CCC(C1)O2. The molecule has 0 spiro atoms. The molecule has 0 aliphatic carbocycles. The van der Waals surface area contributed by atoms with Crippen LogP contribution in [0.25, 0.3) is 0 Å². The van der Waals surface area contributed by atoms with Crippen molar-refractivity contribution >= 4 is 27.3 Å². The summed E-state index contributed by atoms with van der Waals surface area (Å²) in [6.45, 7) is 1.94. The van der Waals surface area contributed by atoms with E-state index >= 15 is 0 Å². The molecule has 2 saturated heterocycles. The Morgan fingerprint density at radius 2 is 1.94 bits per heavy atom. The minimum atomic E-state index is 0.400. The Morgan fingerprint density at radius 1 is 1.25 bits per heavy atom. The molecule has 2 aliphatic rings.